The Kier molecular flexibility index (Phi) is 4.70. The second-order valence-electron chi connectivity index (χ2n) is 5.65. The van der Waals surface area contributed by atoms with Crippen molar-refractivity contribution in [3.8, 4) is 10.4 Å². The smallest absolute Gasteiger partial charge is 0.237 e. The van der Waals surface area contributed by atoms with E-state index in [-0.39, 0.29) is 24.3 Å². The van der Waals surface area contributed by atoms with E-state index in [0.717, 1.165) is 10.6 Å². The molecule has 1 aliphatic rings. The average molecular weight is 335 g/mol. The topological polar surface area (TPSA) is 74.2 Å². The van der Waals surface area contributed by atoms with E-state index in [2.05, 4.69) is 15.6 Å². The van der Waals surface area contributed by atoms with E-state index in [1.807, 2.05) is 6.92 Å². The van der Waals surface area contributed by atoms with Gasteiger partial charge in [0.05, 0.1) is 28.2 Å². The van der Waals surface area contributed by atoms with Crippen LogP contribution in [0.5, 0.6) is 0 Å². The molecule has 2 heterocycles. The fourth-order valence-corrected chi connectivity index (χ4v) is 3.47. The number of hydrogen-bond acceptors (Lipinski definition) is 5. The number of nitrogens with zero attached hydrogens (tertiary/aromatic N) is 1. The first-order valence-corrected chi connectivity index (χ1v) is 8.30. The van der Waals surface area contributed by atoms with Crippen LogP contribution in [0.3, 0.4) is 0 Å². The van der Waals surface area contributed by atoms with Crippen LogP contribution in [0, 0.1) is 12.7 Å². The highest BCUT2D eigenvalue weighted by Gasteiger charge is 2.27. The zero-order chi connectivity index (χ0) is 16.4. The zero-order valence-electron chi connectivity index (χ0n) is 12.7. The lowest BCUT2D eigenvalue weighted by Crippen LogP contribution is -2.40. The first kappa shape index (κ1) is 16.0. The minimum Gasteiger partial charge on any atom is -0.392 e. The quantitative estimate of drug-likeness (QED) is 0.793. The van der Waals surface area contributed by atoms with Gasteiger partial charge in [-0.3, -0.25) is 4.79 Å². The summed E-state index contributed by atoms with van der Waals surface area (Å²) < 4.78 is 14.3. The Hall–Kier alpha value is -1.83. The maximum Gasteiger partial charge on any atom is 0.237 e. The van der Waals surface area contributed by atoms with E-state index in [1.54, 1.807) is 17.6 Å². The number of nitrogens with one attached hydrogen (secondary N) is 2. The number of carbonyl (C=O) groups is 1. The minimum absolute atomic E-state index is 0.177. The molecule has 2 aromatic rings. The van der Waals surface area contributed by atoms with E-state index in [9.17, 15) is 14.3 Å². The molecule has 1 fully saturated rings. The van der Waals surface area contributed by atoms with Gasteiger partial charge in [0.15, 0.2) is 0 Å². The zero-order valence-corrected chi connectivity index (χ0v) is 13.5. The average Bonchev–Trinajstić information content (AvgIpc) is 3.14. The van der Waals surface area contributed by atoms with Gasteiger partial charge in [-0.1, -0.05) is 12.1 Å². The normalized spacial score (nSPS) is 20.7. The van der Waals surface area contributed by atoms with Crippen molar-refractivity contribution < 1.29 is 14.3 Å². The second kappa shape index (κ2) is 6.74. The van der Waals surface area contributed by atoms with Crippen molar-refractivity contribution in [2.45, 2.75) is 32.0 Å². The minimum atomic E-state index is -0.481. The van der Waals surface area contributed by atoms with E-state index in [4.69, 9.17) is 0 Å². The van der Waals surface area contributed by atoms with Crippen molar-refractivity contribution in [1.82, 2.24) is 15.6 Å². The molecule has 23 heavy (non-hydrogen) atoms. The molecule has 0 saturated carbocycles. The fourth-order valence-electron chi connectivity index (χ4n) is 2.64. The van der Waals surface area contributed by atoms with Crippen molar-refractivity contribution in [2.24, 2.45) is 0 Å². The summed E-state index contributed by atoms with van der Waals surface area (Å²) in [6, 6.07) is 4.57. The summed E-state index contributed by atoms with van der Waals surface area (Å²) in [5.41, 5.74) is 3.73. The Morgan fingerprint density at radius 3 is 3.00 bits per heavy atom. The highest BCUT2D eigenvalue weighted by Crippen LogP contribution is 2.29. The monoisotopic (exact) mass is 335 g/mol. The molecule has 0 spiro atoms. The number of aromatic nitrogens is 1. The van der Waals surface area contributed by atoms with Gasteiger partial charge in [0.1, 0.15) is 5.82 Å². The van der Waals surface area contributed by atoms with Gasteiger partial charge < -0.3 is 15.7 Å². The van der Waals surface area contributed by atoms with E-state index < -0.39 is 6.10 Å². The van der Waals surface area contributed by atoms with Crippen molar-refractivity contribution in [3.63, 3.8) is 0 Å². The first-order valence-electron chi connectivity index (χ1n) is 7.42. The standard InChI is InChI=1S/C16H18FN3O2S/c1-9-15(23-8-20-9)12-3-2-10(4-13(12)17)6-19-16(22)14-5-11(21)7-18-14/h2-4,8,11,14,18,21H,5-7H2,1H3,(H,19,22). The molecule has 2 atom stereocenters. The van der Waals surface area contributed by atoms with E-state index in [0.29, 0.717) is 24.1 Å². The van der Waals surface area contributed by atoms with Gasteiger partial charge in [-0.05, 0) is 25.0 Å². The van der Waals surface area contributed by atoms with Crippen molar-refractivity contribution in [2.75, 3.05) is 6.54 Å². The van der Waals surface area contributed by atoms with Crippen LogP contribution in [0.2, 0.25) is 0 Å². The maximum atomic E-state index is 14.3. The Morgan fingerprint density at radius 2 is 2.39 bits per heavy atom. The SMILES string of the molecule is Cc1ncsc1-c1ccc(CNC(=O)C2CC(O)CN2)cc1F. The number of thiazole rings is 1. The predicted molar refractivity (Wildman–Crippen MR) is 86.5 cm³/mol. The number of carbonyl (C=O) groups excluding carboxylic acids is 1. The summed E-state index contributed by atoms with van der Waals surface area (Å²) in [6.45, 7) is 2.53. The Labute approximate surface area is 137 Å². The Bertz CT molecular complexity index is 719. The van der Waals surface area contributed by atoms with Crippen LogP contribution in [0.1, 0.15) is 17.7 Å². The summed E-state index contributed by atoms with van der Waals surface area (Å²) in [5, 5.41) is 15.1. The van der Waals surface area contributed by atoms with Gasteiger partial charge in [0, 0.05) is 18.7 Å². The maximum absolute atomic E-state index is 14.3. The molecule has 3 N–H and O–H groups in total. The molecule has 122 valence electrons. The molecule has 0 aliphatic carbocycles. The van der Waals surface area contributed by atoms with Gasteiger partial charge in [-0.25, -0.2) is 9.37 Å². The molecule has 1 amide bonds. The molecule has 1 saturated heterocycles. The van der Waals surface area contributed by atoms with Gasteiger partial charge in [-0.15, -0.1) is 11.3 Å². The highest BCUT2D eigenvalue weighted by atomic mass is 32.1. The van der Waals surface area contributed by atoms with Crippen LogP contribution in [-0.2, 0) is 11.3 Å². The highest BCUT2D eigenvalue weighted by molar-refractivity contribution is 7.13. The van der Waals surface area contributed by atoms with Crippen molar-refractivity contribution >= 4 is 17.2 Å². The van der Waals surface area contributed by atoms with Crippen molar-refractivity contribution in [1.29, 1.82) is 0 Å². The third kappa shape index (κ3) is 3.57. The number of β-amino-alcohol motifs (C(OH)–C–C–N with tert-alkyl or cyclic N) is 1. The van der Waals surface area contributed by atoms with Crippen molar-refractivity contribution in [3.05, 3.63) is 40.8 Å². The third-order valence-electron chi connectivity index (χ3n) is 3.91. The van der Waals surface area contributed by atoms with Gasteiger partial charge in [0.2, 0.25) is 5.91 Å². The lowest BCUT2D eigenvalue weighted by Gasteiger charge is -2.11. The summed E-state index contributed by atoms with van der Waals surface area (Å²) in [7, 11) is 0. The molecular weight excluding hydrogens is 317 g/mol. The molecule has 1 aliphatic heterocycles. The van der Waals surface area contributed by atoms with Gasteiger partial charge in [0.25, 0.3) is 0 Å². The predicted octanol–water partition coefficient (Wildman–Crippen LogP) is 1.60. The molecule has 1 aromatic carbocycles. The van der Waals surface area contributed by atoms with Crippen LogP contribution in [0.4, 0.5) is 4.39 Å². The number of aliphatic hydroxyl groups excluding tert-OH is 1. The van der Waals surface area contributed by atoms with E-state index >= 15 is 0 Å². The summed E-state index contributed by atoms with van der Waals surface area (Å²) in [5.74, 6) is -0.497. The number of halogens is 1. The number of amides is 1. The molecule has 2 unspecified atom stereocenters. The summed E-state index contributed by atoms with van der Waals surface area (Å²) in [4.78, 5) is 16.9. The summed E-state index contributed by atoms with van der Waals surface area (Å²) in [6.07, 6.45) is -0.0748. The molecule has 0 bridgehead atoms. The lowest BCUT2D eigenvalue weighted by atomic mass is 10.1. The number of benzene rings is 1. The number of hydrogen-bond donors (Lipinski definition) is 3. The Balaban J connectivity index is 1.64. The first-order chi connectivity index (χ1) is 11.0. The van der Waals surface area contributed by atoms with Crippen LogP contribution >= 0.6 is 11.3 Å². The molecular formula is C16H18FN3O2S. The van der Waals surface area contributed by atoms with E-state index in [1.165, 1.54) is 17.4 Å². The van der Waals surface area contributed by atoms with Crippen LogP contribution in [-0.4, -0.2) is 34.7 Å². The molecule has 0 radical (unpaired) electrons. The van der Waals surface area contributed by atoms with Crippen LogP contribution in [0.15, 0.2) is 23.7 Å². The second-order valence-corrected chi connectivity index (χ2v) is 6.50. The third-order valence-corrected chi connectivity index (χ3v) is 4.88. The molecule has 5 nitrogen and oxygen atoms in total. The van der Waals surface area contributed by atoms with Gasteiger partial charge in [-0.2, -0.15) is 0 Å². The molecule has 3 rings (SSSR count). The van der Waals surface area contributed by atoms with Crippen LogP contribution < -0.4 is 10.6 Å². The number of aryl methyl sites for hydroxylation is 1. The lowest BCUT2D eigenvalue weighted by molar-refractivity contribution is -0.123. The van der Waals surface area contributed by atoms with Crippen LogP contribution in [0.25, 0.3) is 10.4 Å². The largest absolute Gasteiger partial charge is 0.392 e. The number of aliphatic hydroxyl groups is 1. The fraction of sp³-hybridized carbons (Fsp3) is 0.375. The molecule has 7 heteroatoms. The molecule has 1 aromatic heterocycles. The number of rotatable bonds is 4. The van der Waals surface area contributed by atoms with Gasteiger partial charge >= 0.3 is 0 Å². The Morgan fingerprint density at radius 1 is 1.57 bits per heavy atom. The summed E-state index contributed by atoms with van der Waals surface area (Å²) >= 11 is 1.41.